The van der Waals surface area contributed by atoms with Gasteiger partial charge in [0.15, 0.2) is 6.10 Å². The van der Waals surface area contributed by atoms with E-state index in [9.17, 15) is 4.79 Å². The second-order valence-electron chi connectivity index (χ2n) is 7.41. The maximum Gasteiger partial charge on any atom is 0.260 e. The molecular weight excluding hydrogens is 310 g/mol. The van der Waals surface area contributed by atoms with Crippen LogP contribution < -0.4 is 10.1 Å². The average molecular weight is 339 g/mol. The van der Waals surface area contributed by atoms with Crippen LogP contribution in [-0.4, -0.2) is 18.6 Å². The predicted octanol–water partition coefficient (Wildman–Crippen LogP) is 4.50. The molecule has 0 aliphatic carbocycles. The fourth-order valence-corrected chi connectivity index (χ4v) is 2.58. The van der Waals surface area contributed by atoms with Crippen molar-refractivity contribution in [3.63, 3.8) is 0 Å². The number of aryl methyl sites for hydroxylation is 1. The molecule has 0 aliphatic heterocycles. The Morgan fingerprint density at radius 1 is 1.04 bits per heavy atom. The molecule has 134 valence electrons. The van der Waals surface area contributed by atoms with E-state index >= 15 is 0 Å². The first-order chi connectivity index (χ1) is 11.9. The highest BCUT2D eigenvalue weighted by atomic mass is 16.5. The first kappa shape index (κ1) is 19.0. The molecular formula is C22H29NO2. The van der Waals surface area contributed by atoms with Crippen LogP contribution in [0, 0.1) is 0 Å². The first-order valence-electron chi connectivity index (χ1n) is 8.95. The maximum atomic E-state index is 12.1. The SMILES string of the molecule is CC(Oc1ccc(C(C)(C)C)cc1)C(=O)NCCCc1ccccc1. The van der Waals surface area contributed by atoms with Crippen LogP contribution >= 0.6 is 0 Å². The fraction of sp³-hybridized carbons (Fsp3) is 0.409. The van der Waals surface area contributed by atoms with Crippen molar-refractivity contribution in [2.45, 2.75) is 52.1 Å². The molecule has 1 amide bonds. The molecule has 3 nitrogen and oxygen atoms in total. The van der Waals surface area contributed by atoms with Gasteiger partial charge in [-0.15, -0.1) is 0 Å². The molecule has 0 saturated heterocycles. The standard InChI is InChI=1S/C22H29NO2/c1-17(25-20-14-12-19(13-15-20)22(2,3)4)21(24)23-16-8-11-18-9-6-5-7-10-18/h5-7,9-10,12-15,17H,8,11,16H2,1-4H3,(H,23,24). The smallest absolute Gasteiger partial charge is 0.260 e. The number of amides is 1. The lowest BCUT2D eigenvalue weighted by molar-refractivity contribution is -0.127. The minimum Gasteiger partial charge on any atom is -0.481 e. The number of hydrogen-bond acceptors (Lipinski definition) is 2. The van der Waals surface area contributed by atoms with Crippen LogP contribution in [-0.2, 0) is 16.6 Å². The molecule has 0 radical (unpaired) electrons. The monoisotopic (exact) mass is 339 g/mol. The Morgan fingerprint density at radius 2 is 1.68 bits per heavy atom. The van der Waals surface area contributed by atoms with Crippen molar-refractivity contribution >= 4 is 5.91 Å². The summed E-state index contributed by atoms with van der Waals surface area (Å²) in [6.07, 6.45) is 1.38. The van der Waals surface area contributed by atoms with Gasteiger partial charge in [-0.1, -0.05) is 63.2 Å². The van der Waals surface area contributed by atoms with Crippen molar-refractivity contribution < 1.29 is 9.53 Å². The Labute approximate surface area is 151 Å². The second kappa shape index (κ2) is 8.70. The van der Waals surface area contributed by atoms with E-state index in [1.54, 1.807) is 6.92 Å². The van der Waals surface area contributed by atoms with Crippen LogP contribution in [0.15, 0.2) is 54.6 Å². The third-order valence-electron chi connectivity index (χ3n) is 4.19. The number of benzene rings is 2. The van der Waals surface area contributed by atoms with Gasteiger partial charge in [-0.05, 0) is 48.4 Å². The molecule has 2 rings (SSSR count). The van der Waals surface area contributed by atoms with Crippen molar-refractivity contribution in [3.8, 4) is 5.75 Å². The number of carbonyl (C=O) groups excluding carboxylic acids is 1. The van der Waals surface area contributed by atoms with Gasteiger partial charge in [-0.2, -0.15) is 0 Å². The molecule has 0 spiro atoms. The summed E-state index contributed by atoms with van der Waals surface area (Å²) in [6.45, 7) is 8.96. The van der Waals surface area contributed by atoms with Gasteiger partial charge < -0.3 is 10.1 Å². The Balaban J connectivity index is 1.74. The molecule has 1 atom stereocenters. The molecule has 0 heterocycles. The zero-order valence-electron chi connectivity index (χ0n) is 15.7. The van der Waals surface area contributed by atoms with E-state index in [2.05, 4.69) is 50.4 Å². The molecule has 1 unspecified atom stereocenters. The molecule has 3 heteroatoms. The molecule has 0 bridgehead atoms. The average Bonchev–Trinajstić information content (AvgIpc) is 2.59. The Bertz CT molecular complexity index is 657. The summed E-state index contributed by atoms with van der Waals surface area (Å²) in [4.78, 5) is 12.1. The first-order valence-corrected chi connectivity index (χ1v) is 8.95. The zero-order valence-corrected chi connectivity index (χ0v) is 15.7. The summed E-state index contributed by atoms with van der Waals surface area (Å²) < 4.78 is 5.75. The van der Waals surface area contributed by atoms with Gasteiger partial charge in [-0.25, -0.2) is 0 Å². The quantitative estimate of drug-likeness (QED) is 0.754. The molecule has 25 heavy (non-hydrogen) atoms. The summed E-state index contributed by atoms with van der Waals surface area (Å²) in [7, 11) is 0. The summed E-state index contributed by atoms with van der Waals surface area (Å²) in [6, 6.07) is 18.3. The molecule has 0 aliphatic rings. The van der Waals surface area contributed by atoms with E-state index in [-0.39, 0.29) is 11.3 Å². The summed E-state index contributed by atoms with van der Waals surface area (Å²) in [5, 5.41) is 2.94. The van der Waals surface area contributed by atoms with E-state index in [4.69, 9.17) is 4.74 Å². The maximum absolute atomic E-state index is 12.1. The number of hydrogen-bond donors (Lipinski definition) is 1. The van der Waals surface area contributed by atoms with Gasteiger partial charge in [0.25, 0.3) is 5.91 Å². The number of nitrogens with one attached hydrogen (secondary N) is 1. The van der Waals surface area contributed by atoms with Gasteiger partial charge in [0, 0.05) is 6.54 Å². The molecule has 2 aromatic carbocycles. The van der Waals surface area contributed by atoms with Crippen LogP contribution in [0.1, 0.15) is 45.2 Å². The van der Waals surface area contributed by atoms with Crippen molar-refractivity contribution in [1.29, 1.82) is 0 Å². The number of carbonyl (C=O) groups is 1. The Hall–Kier alpha value is -2.29. The van der Waals surface area contributed by atoms with Crippen LogP contribution in [0.3, 0.4) is 0 Å². The van der Waals surface area contributed by atoms with Crippen LogP contribution in [0.2, 0.25) is 0 Å². The van der Waals surface area contributed by atoms with Gasteiger partial charge >= 0.3 is 0 Å². The minimum atomic E-state index is -0.503. The summed E-state index contributed by atoms with van der Waals surface area (Å²) in [5.41, 5.74) is 2.65. The van der Waals surface area contributed by atoms with E-state index < -0.39 is 6.10 Å². The van der Waals surface area contributed by atoms with Gasteiger partial charge in [0.2, 0.25) is 0 Å². The minimum absolute atomic E-state index is 0.0760. The van der Waals surface area contributed by atoms with Crippen molar-refractivity contribution in [1.82, 2.24) is 5.32 Å². The molecule has 0 saturated carbocycles. The highest BCUT2D eigenvalue weighted by Crippen LogP contribution is 2.24. The highest BCUT2D eigenvalue weighted by Gasteiger charge is 2.16. The van der Waals surface area contributed by atoms with E-state index in [1.165, 1.54) is 11.1 Å². The molecule has 2 aromatic rings. The Kier molecular flexibility index (Phi) is 6.63. The summed E-state index contributed by atoms with van der Waals surface area (Å²) in [5.74, 6) is 0.646. The fourth-order valence-electron chi connectivity index (χ4n) is 2.58. The van der Waals surface area contributed by atoms with Gasteiger partial charge in [0.05, 0.1) is 0 Å². The van der Waals surface area contributed by atoms with Crippen LogP contribution in [0.25, 0.3) is 0 Å². The van der Waals surface area contributed by atoms with E-state index in [0.717, 1.165) is 18.6 Å². The zero-order chi connectivity index (χ0) is 18.3. The third-order valence-corrected chi connectivity index (χ3v) is 4.19. The molecule has 1 N–H and O–H groups in total. The normalized spacial score (nSPS) is 12.5. The lowest BCUT2D eigenvalue weighted by Gasteiger charge is -2.20. The van der Waals surface area contributed by atoms with Crippen LogP contribution in [0.5, 0.6) is 5.75 Å². The van der Waals surface area contributed by atoms with Crippen LogP contribution in [0.4, 0.5) is 0 Å². The topological polar surface area (TPSA) is 38.3 Å². The lowest BCUT2D eigenvalue weighted by Crippen LogP contribution is -2.36. The largest absolute Gasteiger partial charge is 0.481 e. The third kappa shape index (κ3) is 6.26. The van der Waals surface area contributed by atoms with E-state index in [1.807, 2.05) is 30.3 Å². The lowest BCUT2D eigenvalue weighted by atomic mass is 9.87. The van der Waals surface area contributed by atoms with Gasteiger partial charge in [-0.3, -0.25) is 4.79 Å². The van der Waals surface area contributed by atoms with Crippen molar-refractivity contribution in [2.24, 2.45) is 0 Å². The number of rotatable bonds is 7. The molecule has 0 fully saturated rings. The predicted molar refractivity (Wildman–Crippen MR) is 103 cm³/mol. The number of ether oxygens (including phenoxy) is 1. The molecule has 0 aromatic heterocycles. The summed E-state index contributed by atoms with van der Waals surface area (Å²) >= 11 is 0. The highest BCUT2D eigenvalue weighted by molar-refractivity contribution is 5.80. The second-order valence-corrected chi connectivity index (χ2v) is 7.41. The Morgan fingerprint density at radius 3 is 2.28 bits per heavy atom. The van der Waals surface area contributed by atoms with Gasteiger partial charge in [0.1, 0.15) is 5.75 Å². The van der Waals surface area contributed by atoms with Crippen molar-refractivity contribution in [3.05, 3.63) is 65.7 Å². The van der Waals surface area contributed by atoms with Crippen molar-refractivity contribution in [2.75, 3.05) is 6.54 Å². The van der Waals surface area contributed by atoms with E-state index in [0.29, 0.717) is 6.54 Å².